The van der Waals surface area contributed by atoms with Crippen molar-refractivity contribution in [3.8, 4) is 0 Å². The van der Waals surface area contributed by atoms with Gasteiger partial charge >= 0.3 is 0 Å². The predicted octanol–water partition coefficient (Wildman–Crippen LogP) is 3.61. The van der Waals surface area contributed by atoms with Gasteiger partial charge in [0.2, 0.25) is 0 Å². The van der Waals surface area contributed by atoms with Gasteiger partial charge in [0.25, 0.3) is 5.69 Å². The van der Waals surface area contributed by atoms with Gasteiger partial charge in [-0.1, -0.05) is 24.3 Å². The third kappa shape index (κ3) is 4.09. The molecule has 0 amide bonds. The summed E-state index contributed by atoms with van der Waals surface area (Å²) >= 11 is 3.25. The number of hydrogen-bond acceptors (Lipinski definition) is 3. The molecule has 110 valence electrons. The molecule has 2 N–H and O–H groups in total. The first-order valence-electron chi connectivity index (χ1n) is 6.39. The van der Waals surface area contributed by atoms with Crippen molar-refractivity contribution in [2.45, 2.75) is 18.9 Å². The molecule has 1 unspecified atom stereocenters. The summed E-state index contributed by atoms with van der Waals surface area (Å²) < 4.78 is 13.6. The summed E-state index contributed by atoms with van der Waals surface area (Å²) in [4.78, 5) is 10.5. The third-order valence-electron chi connectivity index (χ3n) is 3.12. The van der Waals surface area contributed by atoms with Gasteiger partial charge in [-0.2, -0.15) is 0 Å². The molecule has 4 nitrogen and oxygen atoms in total. The van der Waals surface area contributed by atoms with Crippen LogP contribution in [0.15, 0.2) is 46.9 Å². The Labute approximate surface area is 130 Å². The number of nitro groups is 1. The average molecular weight is 353 g/mol. The maximum atomic E-state index is 13.1. The normalized spacial score (nSPS) is 12.1. The molecule has 6 heteroatoms. The van der Waals surface area contributed by atoms with Crippen molar-refractivity contribution < 1.29 is 9.31 Å². The van der Waals surface area contributed by atoms with E-state index in [1.807, 2.05) is 6.07 Å². The van der Waals surface area contributed by atoms with Gasteiger partial charge in [0.1, 0.15) is 5.82 Å². The van der Waals surface area contributed by atoms with Gasteiger partial charge in [-0.05, 0) is 52.0 Å². The lowest BCUT2D eigenvalue weighted by Gasteiger charge is -2.13. The quantitative estimate of drug-likeness (QED) is 0.660. The van der Waals surface area contributed by atoms with Crippen molar-refractivity contribution >= 4 is 21.6 Å². The largest absolute Gasteiger partial charge is 0.327 e. The summed E-state index contributed by atoms with van der Waals surface area (Å²) in [5, 5.41) is 10.9. The van der Waals surface area contributed by atoms with Crippen LogP contribution in [0.3, 0.4) is 0 Å². The zero-order valence-corrected chi connectivity index (χ0v) is 12.7. The molecule has 2 rings (SSSR count). The molecule has 2 aromatic rings. The minimum atomic E-state index is -0.439. The van der Waals surface area contributed by atoms with Crippen molar-refractivity contribution in [3.05, 3.63) is 74.0 Å². The van der Waals surface area contributed by atoms with E-state index in [0.29, 0.717) is 17.3 Å². The van der Waals surface area contributed by atoms with Gasteiger partial charge in [-0.3, -0.25) is 10.1 Å². The third-order valence-corrected chi connectivity index (χ3v) is 4.04. The highest BCUT2D eigenvalue weighted by atomic mass is 79.9. The Morgan fingerprint density at radius 2 is 1.95 bits per heavy atom. The molecule has 0 bridgehead atoms. The monoisotopic (exact) mass is 352 g/mol. The molecule has 0 saturated heterocycles. The second-order valence-electron chi connectivity index (χ2n) is 4.81. The Balaban J connectivity index is 2.11. The highest BCUT2D eigenvalue weighted by Gasteiger charge is 2.16. The molecule has 0 radical (unpaired) electrons. The predicted molar refractivity (Wildman–Crippen MR) is 82.6 cm³/mol. The number of benzene rings is 2. The molecule has 1 atom stereocenters. The number of nitro benzene ring substituents is 1. The minimum Gasteiger partial charge on any atom is -0.327 e. The molecule has 21 heavy (non-hydrogen) atoms. The van der Waals surface area contributed by atoms with E-state index in [1.54, 1.807) is 18.2 Å². The number of nitrogens with two attached hydrogens (primary N) is 1. The number of rotatable bonds is 5. The standard InChI is InChI=1S/C15H14BrFN2O2/c16-15-11(4-2-6-14(15)19(20)21)9-13(18)8-10-3-1-5-12(17)7-10/h1-7,13H,8-9,18H2. The summed E-state index contributed by atoms with van der Waals surface area (Å²) in [7, 11) is 0. The fourth-order valence-electron chi connectivity index (χ4n) is 2.19. The first-order valence-corrected chi connectivity index (χ1v) is 7.18. The van der Waals surface area contributed by atoms with Gasteiger partial charge in [-0.15, -0.1) is 0 Å². The minimum absolute atomic E-state index is 0.0189. The summed E-state index contributed by atoms with van der Waals surface area (Å²) in [5.74, 6) is -0.295. The Morgan fingerprint density at radius 3 is 2.62 bits per heavy atom. The lowest BCUT2D eigenvalue weighted by atomic mass is 9.99. The fourth-order valence-corrected chi connectivity index (χ4v) is 2.76. The van der Waals surface area contributed by atoms with Crippen molar-refractivity contribution in [2.75, 3.05) is 0 Å². The van der Waals surface area contributed by atoms with Crippen LogP contribution in [0.5, 0.6) is 0 Å². The van der Waals surface area contributed by atoms with Crippen LogP contribution < -0.4 is 5.73 Å². The molecule has 0 aliphatic rings. The molecule has 0 heterocycles. The number of nitrogens with zero attached hydrogens (tertiary/aromatic N) is 1. The molecule has 0 aromatic heterocycles. The van der Waals surface area contributed by atoms with Crippen LogP contribution in [0, 0.1) is 15.9 Å². The van der Waals surface area contributed by atoms with Crippen molar-refractivity contribution in [2.24, 2.45) is 5.73 Å². The highest BCUT2D eigenvalue weighted by Crippen LogP contribution is 2.29. The van der Waals surface area contributed by atoms with Crippen LogP contribution in [0.25, 0.3) is 0 Å². The van der Waals surface area contributed by atoms with E-state index in [-0.39, 0.29) is 17.5 Å². The van der Waals surface area contributed by atoms with Crippen LogP contribution in [0.1, 0.15) is 11.1 Å². The Bertz CT molecular complexity index is 664. The average Bonchev–Trinajstić information content (AvgIpc) is 2.40. The van der Waals surface area contributed by atoms with Crippen LogP contribution in [-0.4, -0.2) is 11.0 Å². The smallest absolute Gasteiger partial charge is 0.283 e. The van der Waals surface area contributed by atoms with E-state index in [4.69, 9.17) is 5.73 Å². The molecular weight excluding hydrogens is 339 g/mol. The van der Waals surface area contributed by atoms with E-state index in [9.17, 15) is 14.5 Å². The second-order valence-corrected chi connectivity index (χ2v) is 5.60. The summed E-state index contributed by atoms with van der Waals surface area (Å²) in [6.45, 7) is 0. The van der Waals surface area contributed by atoms with E-state index < -0.39 is 4.92 Å². The zero-order valence-electron chi connectivity index (χ0n) is 11.1. The van der Waals surface area contributed by atoms with Crippen LogP contribution in [0.2, 0.25) is 0 Å². The van der Waals surface area contributed by atoms with Gasteiger partial charge in [0.05, 0.1) is 9.40 Å². The molecule has 2 aromatic carbocycles. The summed E-state index contributed by atoms with van der Waals surface area (Å²) in [6.07, 6.45) is 0.978. The maximum absolute atomic E-state index is 13.1. The van der Waals surface area contributed by atoms with Gasteiger partial charge < -0.3 is 5.73 Å². The van der Waals surface area contributed by atoms with Gasteiger partial charge in [0, 0.05) is 12.1 Å². The van der Waals surface area contributed by atoms with E-state index in [1.165, 1.54) is 18.2 Å². The Hall–Kier alpha value is -1.79. The summed E-state index contributed by atoms with van der Waals surface area (Å²) in [6, 6.07) is 10.9. The SMILES string of the molecule is NC(Cc1cccc(F)c1)Cc1cccc([N+](=O)[O-])c1Br. The maximum Gasteiger partial charge on any atom is 0.283 e. The summed E-state index contributed by atoms with van der Waals surface area (Å²) in [5.41, 5.74) is 7.67. The van der Waals surface area contributed by atoms with Crippen LogP contribution in [-0.2, 0) is 12.8 Å². The lowest BCUT2D eigenvalue weighted by Crippen LogP contribution is -2.25. The number of hydrogen-bond donors (Lipinski definition) is 1. The first kappa shape index (κ1) is 15.6. The van der Waals surface area contributed by atoms with Crippen molar-refractivity contribution in [1.82, 2.24) is 0 Å². The number of halogens is 2. The lowest BCUT2D eigenvalue weighted by molar-refractivity contribution is -0.385. The van der Waals surface area contributed by atoms with E-state index >= 15 is 0 Å². The van der Waals surface area contributed by atoms with Crippen molar-refractivity contribution in [3.63, 3.8) is 0 Å². The van der Waals surface area contributed by atoms with Gasteiger partial charge in [0.15, 0.2) is 0 Å². The highest BCUT2D eigenvalue weighted by molar-refractivity contribution is 9.10. The molecule has 0 fully saturated rings. The van der Waals surface area contributed by atoms with Crippen LogP contribution in [0.4, 0.5) is 10.1 Å². The topological polar surface area (TPSA) is 69.2 Å². The van der Waals surface area contributed by atoms with Crippen molar-refractivity contribution in [1.29, 1.82) is 0 Å². The molecule has 0 saturated carbocycles. The first-order chi connectivity index (χ1) is 9.97. The zero-order chi connectivity index (χ0) is 15.4. The Morgan fingerprint density at radius 1 is 1.24 bits per heavy atom. The fraction of sp³-hybridized carbons (Fsp3) is 0.200. The van der Waals surface area contributed by atoms with Gasteiger partial charge in [-0.25, -0.2) is 4.39 Å². The molecule has 0 aliphatic heterocycles. The van der Waals surface area contributed by atoms with Crippen LogP contribution >= 0.6 is 15.9 Å². The Kier molecular flexibility index (Phi) is 5.03. The molecule has 0 aliphatic carbocycles. The van der Waals surface area contributed by atoms with E-state index in [0.717, 1.165) is 11.1 Å². The molecule has 0 spiro atoms. The van der Waals surface area contributed by atoms with E-state index in [2.05, 4.69) is 15.9 Å². The second kappa shape index (κ2) is 6.78. The molecular formula is C15H14BrFN2O2.